The summed E-state index contributed by atoms with van der Waals surface area (Å²) in [7, 11) is 0. The van der Waals surface area contributed by atoms with Crippen LogP contribution in [0.5, 0.6) is 0 Å². The minimum atomic E-state index is -1.16. The number of carboxylic acid groups (broad SMARTS) is 1. The van der Waals surface area contributed by atoms with Gasteiger partial charge in [0.1, 0.15) is 5.82 Å². The van der Waals surface area contributed by atoms with Gasteiger partial charge >= 0.3 is 5.97 Å². The molecule has 1 N–H and O–H groups in total. The maximum absolute atomic E-state index is 14.2. The Balaban J connectivity index is 2.16. The highest BCUT2D eigenvalue weighted by atomic mass is 79.9. The number of aliphatic carboxylic acids is 1. The number of tetrazole rings is 1. The molecule has 104 valence electrons. The smallest absolute Gasteiger partial charge is 0.331 e. The number of benzene rings is 1. The van der Waals surface area contributed by atoms with Crippen molar-refractivity contribution in [3.05, 3.63) is 28.5 Å². The molecule has 0 unspecified atom stereocenters. The fraction of sp³-hybridized carbons (Fsp3) is 0.333. The van der Waals surface area contributed by atoms with Gasteiger partial charge in [-0.15, -0.1) is 5.10 Å². The molecule has 1 aromatic heterocycles. The van der Waals surface area contributed by atoms with Crippen LogP contribution >= 0.6 is 15.9 Å². The SMILES string of the molecule is O=C(O)C1(n2nnnc2-c2cccc(Br)c2F)CCC1. The number of carboxylic acids is 1. The van der Waals surface area contributed by atoms with Crippen molar-refractivity contribution in [2.45, 2.75) is 24.8 Å². The lowest BCUT2D eigenvalue weighted by molar-refractivity contribution is -0.153. The summed E-state index contributed by atoms with van der Waals surface area (Å²) in [5.41, 5.74) is -0.981. The summed E-state index contributed by atoms with van der Waals surface area (Å²) in [6.07, 6.45) is 1.67. The maximum atomic E-state index is 14.2. The van der Waals surface area contributed by atoms with Crippen LogP contribution in [0.3, 0.4) is 0 Å². The molecule has 1 aromatic carbocycles. The monoisotopic (exact) mass is 340 g/mol. The van der Waals surface area contributed by atoms with Crippen molar-refractivity contribution in [2.24, 2.45) is 0 Å². The second-order valence-corrected chi connectivity index (χ2v) is 5.56. The van der Waals surface area contributed by atoms with Crippen LogP contribution in [0.15, 0.2) is 22.7 Å². The Bertz CT molecular complexity index is 684. The molecular formula is C12H10BrFN4O2. The van der Waals surface area contributed by atoms with Crippen LogP contribution in [0.4, 0.5) is 4.39 Å². The first-order valence-corrected chi connectivity index (χ1v) is 6.82. The summed E-state index contributed by atoms with van der Waals surface area (Å²) >= 11 is 3.10. The Morgan fingerprint density at radius 2 is 2.20 bits per heavy atom. The number of carbonyl (C=O) groups is 1. The van der Waals surface area contributed by atoms with E-state index >= 15 is 0 Å². The summed E-state index contributed by atoms with van der Waals surface area (Å²) < 4.78 is 15.7. The van der Waals surface area contributed by atoms with E-state index in [9.17, 15) is 14.3 Å². The fourth-order valence-electron chi connectivity index (χ4n) is 2.35. The molecule has 1 heterocycles. The van der Waals surface area contributed by atoms with Gasteiger partial charge in [-0.3, -0.25) is 0 Å². The summed E-state index contributed by atoms with van der Waals surface area (Å²) in [5, 5.41) is 20.5. The molecule has 1 fully saturated rings. The number of hydrogen-bond donors (Lipinski definition) is 1. The van der Waals surface area contributed by atoms with E-state index in [1.54, 1.807) is 12.1 Å². The van der Waals surface area contributed by atoms with E-state index in [-0.39, 0.29) is 15.9 Å². The highest BCUT2D eigenvalue weighted by Crippen LogP contribution is 2.41. The first kappa shape index (κ1) is 13.2. The van der Waals surface area contributed by atoms with Gasteiger partial charge in [0.25, 0.3) is 0 Å². The third-order valence-corrected chi connectivity index (χ3v) is 4.26. The third kappa shape index (κ3) is 1.75. The summed E-state index contributed by atoms with van der Waals surface area (Å²) in [6, 6.07) is 4.73. The Hall–Kier alpha value is -1.83. The zero-order valence-corrected chi connectivity index (χ0v) is 11.8. The summed E-state index contributed by atoms with van der Waals surface area (Å²) in [6.45, 7) is 0. The summed E-state index contributed by atoms with van der Waals surface area (Å²) in [4.78, 5) is 11.5. The maximum Gasteiger partial charge on any atom is 0.331 e. The van der Waals surface area contributed by atoms with Crippen molar-refractivity contribution in [3.63, 3.8) is 0 Å². The minimum Gasteiger partial charge on any atom is -0.479 e. The van der Waals surface area contributed by atoms with Gasteiger partial charge in [0, 0.05) is 0 Å². The van der Waals surface area contributed by atoms with E-state index in [4.69, 9.17) is 0 Å². The van der Waals surface area contributed by atoms with Crippen LogP contribution in [-0.2, 0) is 10.3 Å². The van der Waals surface area contributed by atoms with Crippen molar-refractivity contribution in [1.29, 1.82) is 0 Å². The zero-order chi connectivity index (χ0) is 14.3. The number of rotatable bonds is 3. The van der Waals surface area contributed by atoms with Crippen molar-refractivity contribution < 1.29 is 14.3 Å². The molecule has 8 heteroatoms. The predicted octanol–water partition coefficient (Wildman–Crippen LogP) is 2.21. The first-order chi connectivity index (χ1) is 9.56. The van der Waals surface area contributed by atoms with Crippen molar-refractivity contribution in [1.82, 2.24) is 20.2 Å². The van der Waals surface area contributed by atoms with Gasteiger partial charge in [-0.25, -0.2) is 13.9 Å². The predicted molar refractivity (Wildman–Crippen MR) is 70.4 cm³/mol. The Kier molecular flexibility index (Phi) is 3.04. The Labute approximate surface area is 121 Å². The average molecular weight is 341 g/mol. The van der Waals surface area contributed by atoms with Crippen LogP contribution < -0.4 is 0 Å². The number of hydrogen-bond acceptors (Lipinski definition) is 4. The molecule has 0 amide bonds. The van der Waals surface area contributed by atoms with Gasteiger partial charge in [-0.2, -0.15) is 0 Å². The van der Waals surface area contributed by atoms with Crippen LogP contribution in [0.1, 0.15) is 19.3 Å². The minimum absolute atomic E-state index is 0.130. The lowest BCUT2D eigenvalue weighted by atomic mass is 9.76. The van der Waals surface area contributed by atoms with Crippen molar-refractivity contribution >= 4 is 21.9 Å². The van der Waals surface area contributed by atoms with Crippen LogP contribution in [0.25, 0.3) is 11.4 Å². The molecule has 1 aliphatic rings. The highest BCUT2D eigenvalue weighted by molar-refractivity contribution is 9.10. The van der Waals surface area contributed by atoms with E-state index in [0.717, 1.165) is 6.42 Å². The Morgan fingerprint density at radius 3 is 2.80 bits per heavy atom. The zero-order valence-electron chi connectivity index (χ0n) is 10.3. The molecule has 0 spiro atoms. The van der Waals surface area contributed by atoms with Crippen molar-refractivity contribution in [3.8, 4) is 11.4 Å². The first-order valence-electron chi connectivity index (χ1n) is 6.03. The van der Waals surface area contributed by atoms with E-state index in [2.05, 4.69) is 31.5 Å². The molecule has 0 atom stereocenters. The van der Waals surface area contributed by atoms with Gasteiger partial charge in [-0.05, 0) is 57.8 Å². The van der Waals surface area contributed by atoms with Gasteiger partial charge in [0.2, 0.25) is 0 Å². The second kappa shape index (κ2) is 4.62. The van der Waals surface area contributed by atoms with Crippen LogP contribution in [0.2, 0.25) is 0 Å². The number of nitrogens with zero attached hydrogens (tertiary/aromatic N) is 4. The molecule has 20 heavy (non-hydrogen) atoms. The molecule has 0 bridgehead atoms. The van der Waals surface area contributed by atoms with E-state index in [0.29, 0.717) is 12.8 Å². The normalized spacial score (nSPS) is 16.7. The van der Waals surface area contributed by atoms with Crippen molar-refractivity contribution in [2.75, 3.05) is 0 Å². The second-order valence-electron chi connectivity index (χ2n) is 4.71. The van der Waals surface area contributed by atoms with Gasteiger partial charge in [0.15, 0.2) is 11.4 Å². The fourth-order valence-corrected chi connectivity index (χ4v) is 2.71. The largest absolute Gasteiger partial charge is 0.479 e. The molecule has 6 nitrogen and oxygen atoms in total. The molecule has 0 radical (unpaired) electrons. The molecule has 0 aliphatic heterocycles. The standard InChI is InChI=1S/C12H10BrFN4O2/c13-8-4-1-3-7(9(8)14)10-15-16-17-18(10)12(11(19)20)5-2-6-12/h1,3-4H,2,5-6H2,(H,19,20). The van der Waals surface area contributed by atoms with Crippen LogP contribution in [0, 0.1) is 5.82 Å². The topological polar surface area (TPSA) is 80.9 Å². The molecule has 3 rings (SSSR count). The van der Waals surface area contributed by atoms with E-state index < -0.39 is 17.3 Å². The molecular weight excluding hydrogens is 331 g/mol. The average Bonchev–Trinajstić information content (AvgIpc) is 2.80. The number of aromatic nitrogens is 4. The van der Waals surface area contributed by atoms with E-state index in [1.165, 1.54) is 10.7 Å². The molecule has 0 saturated heterocycles. The van der Waals surface area contributed by atoms with Gasteiger partial charge in [-0.1, -0.05) is 6.07 Å². The highest BCUT2D eigenvalue weighted by Gasteiger charge is 2.49. The molecule has 2 aromatic rings. The Morgan fingerprint density at radius 1 is 1.45 bits per heavy atom. The van der Waals surface area contributed by atoms with Crippen LogP contribution in [-0.4, -0.2) is 31.3 Å². The van der Waals surface area contributed by atoms with Gasteiger partial charge in [0.05, 0.1) is 10.0 Å². The summed E-state index contributed by atoms with van der Waals surface area (Å²) in [5.74, 6) is -1.37. The molecule has 1 saturated carbocycles. The lowest BCUT2D eigenvalue weighted by Crippen LogP contribution is -2.48. The lowest BCUT2D eigenvalue weighted by Gasteiger charge is -2.37. The van der Waals surface area contributed by atoms with Gasteiger partial charge < -0.3 is 5.11 Å². The number of halogens is 2. The van der Waals surface area contributed by atoms with E-state index in [1.807, 2.05) is 0 Å². The third-order valence-electron chi connectivity index (χ3n) is 3.65. The quantitative estimate of drug-likeness (QED) is 0.926. The molecule has 1 aliphatic carbocycles.